The predicted molar refractivity (Wildman–Crippen MR) is 118 cm³/mol. The van der Waals surface area contributed by atoms with Gasteiger partial charge in [-0.05, 0) is 63.1 Å². The molecule has 0 radical (unpaired) electrons. The molecule has 7 heteroatoms. The van der Waals surface area contributed by atoms with E-state index >= 15 is 0 Å². The van der Waals surface area contributed by atoms with E-state index in [0.717, 1.165) is 54.6 Å². The number of thiocarbonyl (C=S) groups is 1. The van der Waals surface area contributed by atoms with Crippen molar-refractivity contribution < 1.29 is 4.74 Å². The maximum atomic E-state index is 12.7. The Morgan fingerprint density at radius 2 is 2.18 bits per heavy atom. The number of H-pyrrole nitrogens is 1. The summed E-state index contributed by atoms with van der Waals surface area (Å²) in [5, 5.41) is 5.05. The first-order valence-corrected chi connectivity index (χ1v) is 10.3. The second kappa shape index (κ2) is 9.49. The predicted octanol–water partition coefficient (Wildman–Crippen LogP) is 2.25. The van der Waals surface area contributed by atoms with Gasteiger partial charge in [-0.2, -0.15) is 0 Å². The summed E-state index contributed by atoms with van der Waals surface area (Å²) in [7, 11) is 4.07. The van der Waals surface area contributed by atoms with Crippen molar-refractivity contribution in [3.63, 3.8) is 0 Å². The minimum absolute atomic E-state index is 0.0569. The first kappa shape index (κ1) is 20.8. The zero-order valence-electron chi connectivity index (χ0n) is 17.0. The molecule has 28 heavy (non-hydrogen) atoms. The summed E-state index contributed by atoms with van der Waals surface area (Å²) in [5.74, 6) is 0. The van der Waals surface area contributed by atoms with Crippen molar-refractivity contribution in [2.24, 2.45) is 0 Å². The Balaban J connectivity index is 1.76. The van der Waals surface area contributed by atoms with Gasteiger partial charge >= 0.3 is 0 Å². The lowest BCUT2D eigenvalue weighted by Gasteiger charge is -2.28. The largest absolute Gasteiger partial charge is 0.376 e. The molecule has 2 heterocycles. The lowest BCUT2D eigenvalue weighted by molar-refractivity contribution is 0.113. The average Bonchev–Trinajstić information content (AvgIpc) is 3.18. The van der Waals surface area contributed by atoms with Gasteiger partial charge in [0.1, 0.15) is 0 Å². The number of para-hydroxylation sites is 1. The third-order valence-corrected chi connectivity index (χ3v) is 5.54. The Morgan fingerprint density at radius 1 is 1.36 bits per heavy atom. The van der Waals surface area contributed by atoms with Gasteiger partial charge in [-0.3, -0.25) is 4.79 Å². The fraction of sp³-hybridized carbons (Fsp3) is 0.524. The van der Waals surface area contributed by atoms with Gasteiger partial charge in [0.25, 0.3) is 5.56 Å². The molecule has 2 aromatic rings. The highest BCUT2D eigenvalue weighted by Gasteiger charge is 2.18. The van der Waals surface area contributed by atoms with Gasteiger partial charge in [-0.1, -0.05) is 18.2 Å². The maximum Gasteiger partial charge on any atom is 0.253 e. The molecule has 1 atom stereocenters. The second-order valence-corrected chi connectivity index (χ2v) is 8.10. The summed E-state index contributed by atoms with van der Waals surface area (Å²) in [6, 6.07) is 8.02. The van der Waals surface area contributed by atoms with Crippen LogP contribution in [-0.2, 0) is 11.3 Å². The zero-order valence-corrected chi connectivity index (χ0v) is 17.8. The molecule has 1 aromatic carbocycles. The Labute approximate surface area is 171 Å². The molecule has 1 aromatic heterocycles. The van der Waals surface area contributed by atoms with Gasteiger partial charge in [0.2, 0.25) is 0 Å². The monoisotopic (exact) mass is 402 g/mol. The van der Waals surface area contributed by atoms with Crippen LogP contribution in [0.25, 0.3) is 10.9 Å². The highest BCUT2D eigenvalue weighted by Crippen LogP contribution is 2.16. The number of aromatic nitrogens is 1. The lowest BCUT2D eigenvalue weighted by Crippen LogP contribution is -2.45. The van der Waals surface area contributed by atoms with E-state index in [4.69, 9.17) is 17.0 Å². The standard InChI is InChI=1S/C21H30N4O2S/c1-15-6-4-7-16-12-17(20(26)23-19(15)16)14-25(10-9-24(2)3)21(28)22-13-18-8-5-11-27-18/h4,6-7,12,18H,5,8-11,13-14H2,1-3H3,(H,22,28)(H,23,26). The van der Waals surface area contributed by atoms with Crippen LogP contribution in [0.3, 0.4) is 0 Å². The molecule has 152 valence electrons. The van der Waals surface area contributed by atoms with Crippen LogP contribution in [0.15, 0.2) is 29.1 Å². The van der Waals surface area contributed by atoms with Gasteiger partial charge in [0, 0.05) is 31.8 Å². The summed E-state index contributed by atoms with van der Waals surface area (Å²) >= 11 is 5.65. The second-order valence-electron chi connectivity index (χ2n) is 7.71. The number of ether oxygens (including phenoxy) is 1. The van der Waals surface area contributed by atoms with Gasteiger partial charge in [0.15, 0.2) is 5.11 Å². The molecule has 0 bridgehead atoms. The van der Waals surface area contributed by atoms with E-state index in [-0.39, 0.29) is 11.7 Å². The quantitative estimate of drug-likeness (QED) is 0.693. The summed E-state index contributed by atoms with van der Waals surface area (Å²) < 4.78 is 5.67. The van der Waals surface area contributed by atoms with E-state index in [0.29, 0.717) is 18.2 Å². The number of pyridine rings is 1. The van der Waals surface area contributed by atoms with Crippen molar-refractivity contribution in [2.75, 3.05) is 40.3 Å². The number of nitrogens with zero attached hydrogens (tertiary/aromatic N) is 2. The molecule has 0 spiro atoms. The molecule has 0 aliphatic carbocycles. The molecule has 3 rings (SSSR count). The fourth-order valence-corrected chi connectivity index (χ4v) is 3.68. The van der Waals surface area contributed by atoms with E-state index in [9.17, 15) is 4.79 Å². The van der Waals surface area contributed by atoms with Crippen molar-refractivity contribution in [1.82, 2.24) is 20.1 Å². The van der Waals surface area contributed by atoms with Crippen LogP contribution in [0.5, 0.6) is 0 Å². The number of hydrogen-bond donors (Lipinski definition) is 2. The number of fused-ring (bicyclic) bond motifs is 1. The topological polar surface area (TPSA) is 60.6 Å². The first-order chi connectivity index (χ1) is 13.4. The molecule has 1 aliphatic rings. The minimum atomic E-state index is -0.0569. The van der Waals surface area contributed by atoms with Crippen molar-refractivity contribution in [3.05, 3.63) is 45.7 Å². The number of aromatic amines is 1. The van der Waals surface area contributed by atoms with Crippen LogP contribution in [0, 0.1) is 6.92 Å². The molecule has 1 fully saturated rings. The van der Waals surface area contributed by atoms with Gasteiger partial charge in [-0.25, -0.2) is 0 Å². The van der Waals surface area contributed by atoms with E-state index in [1.807, 2.05) is 45.3 Å². The third-order valence-electron chi connectivity index (χ3n) is 5.14. The van der Waals surface area contributed by atoms with E-state index in [1.54, 1.807) is 0 Å². The Hall–Kier alpha value is -1.96. The minimum Gasteiger partial charge on any atom is -0.376 e. The SMILES string of the molecule is Cc1cccc2cc(CN(CCN(C)C)C(=S)NCC3CCCO3)c(=O)[nH]c12. The van der Waals surface area contributed by atoms with Crippen LogP contribution in [0.2, 0.25) is 0 Å². The van der Waals surface area contributed by atoms with Crippen molar-refractivity contribution in [1.29, 1.82) is 0 Å². The molecule has 0 amide bonds. The summed E-state index contributed by atoms with van der Waals surface area (Å²) in [6.45, 7) is 5.62. The lowest BCUT2D eigenvalue weighted by atomic mass is 10.1. The van der Waals surface area contributed by atoms with E-state index in [2.05, 4.69) is 20.1 Å². The van der Waals surface area contributed by atoms with Crippen LogP contribution in [0.1, 0.15) is 24.0 Å². The van der Waals surface area contributed by atoms with Crippen molar-refractivity contribution in [3.8, 4) is 0 Å². The smallest absolute Gasteiger partial charge is 0.253 e. The van der Waals surface area contributed by atoms with E-state index < -0.39 is 0 Å². The maximum absolute atomic E-state index is 12.7. The number of nitrogens with one attached hydrogen (secondary N) is 2. The summed E-state index contributed by atoms with van der Waals surface area (Å²) in [5.41, 5.74) is 2.63. The molecular formula is C21H30N4O2S. The number of hydrogen-bond acceptors (Lipinski definition) is 4. The van der Waals surface area contributed by atoms with E-state index in [1.165, 1.54) is 0 Å². The van der Waals surface area contributed by atoms with Crippen LogP contribution in [0.4, 0.5) is 0 Å². The number of aryl methyl sites for hydroxylation is 1. The van der Waals surface area contributed by atoms with Gasteiger partial charge < -0.3 is 24.8 Å². The average molecular weight is 403 g/mol. The Kier molecular flexibility index (Phi) is 7.04. The Bertz CT molecular complexity index is 874. The molecule has 1 unspecified atom stereocenters. The summed E-state index contributed by atoms with van der Waals surface area (Å²) in [4.78, 5) is 19.9. The molecule has 2 N–H and O–H groups in total. The number of rotatable bonds is 7. The highest BCUT2D eigenvalue weighted by atomic mass is 32.1. The highest BCUT2D eigenvalue weighted by molar-refractivity contribution is 7.80. The normalized spacial score (nSPS) is 16.6. The number of likely N-dealkylation sites (N-methyl/N-ethyl adjacent to an activating group) is 1. The van der Waals surface area contributed by atoms with Crippen LogP contribution >= 0.6 is 12.2 Å². The van der Waals surface area contributed by atoms with Gasteiger partial charge in [0.05, 0.1) is 18.2 Å². The number of benzene rings is 1. The molecular weight excluding hydrogens is 372 g/mol. The van der Waals surface area contributed by atoms with Crippen LogP contribution in [-0.4, -0.2) is 66.3 Å². The fourth-order valence-electron chi connectivity index (χ4n) is 3.44. The third kappa shape index (κ3) is 5.31. The Morgan fingerprint density at radius 3 is 2.89 bits per heavy atom. The molecule has 1 saturated heterocycles. The first-order valence-electron chi connectivity index (χ1n) is 9.84. The summed E-state index contributed by atoms with van der Waals surface area (Å²) in [6.07, 6.45) is 2.40. The molecule has 6 nitrogen and oxygen atoms in total. The van der Waals surface area contributed by atoms with Crippen LogP contribution < -0.4 is 10.9 Å². The van der Waals surface area contributed by atoms with Gasteiger partial charge in [-0.15, -0.1) is 0 Å². The zero-order chi connectivity index (χ0) is 20.1. The van der Waals surface area contributed by atoms with Crippen molar-refractivity contribution in [2.45, 2.75) is 32.4 Å². The van der Waals surface area contributed by atoms with Crippen molar-refractivity contribution >= 4 is 28.2 Å². The molecule has 0 saturated carbocycles. The molecule has 1 aliphatic heterocycles.